The molecule has 0 saturated heterocycles. The molecule has 0 bridgehead atoms. The van der Waals surface area contributed by atoms with Crippen LogP contribution in [0.2, 0.25) is 0 Å². The molecule has 0 amide bonds. The van der Waals surface area contributed by atoms with Crippen LogP contribution in [0.3, 0.4) is 0 Å². The van der Waals surface area contributed by atoms with Gasteiger partial charge in [0.2, 0.25) is 0 Å². The van der Waals surface area contributed by atoms with Crippen molar-refractivity contribution in [3.8, 4) is 5.75 Å². The molecule has 1 aliphatic rings. The first-order chi connectivity index (χ1) is 6.40. The van der Waals surface area contributed by atoms with Crippen molar-refractivity contribution in [1.29, 1.82) is 0 Å². The van der Waals surface area contributed by atoms with Gasteiger partial charge in [-0.2, -0.15) is 10.2 Å². The lowest BCUT2D eigenvalue weighted by atomic mass is 10.1. The molecule has 1 atom stereocenters. The maximum atomic E-state index is 5.08. The van der Waals surface area contributed by atoms with Crippen LogP contribution in [0.15, 0.2) is 34.5 Å². The van der Waals surface area contributed by atoms with Crippen molar-refractivity contribution in [3.05, 3.63) is 29.8 Å². The molecule has 0 N–H and O–H groups in total. The first kappa shape index (κ1) is 8.23. The van der Waals surface area contributed by atoms with Gasteiger partial charge in [-0.3, -0.25) is 0 Å². The van der Waals surface area contributed by atoms with Crippen molar-refractivity contribution < 1.29 is 4.74 Å². The summed E-state index contributed by atoms with van der Waals surface area (Å²) in [5, 5.41) is 8.12. The van der Waals surface area contributed by atoms with Crippen LogP contribution in [0.4, 0.5) is 0 Å². The van der Waals surface area contributed by atoms with E-state index in [9.17, 15) is 0 Å². The Morgan fingerprint density at radius 3 is 2.62 bits per heavy atom. The molecular weight excluding hydrogens is 164 g/mol. The van der Waals surface area contributed by atoms with Crippen molar-refractivity contribution in [2.24, 2.45) is 10.2 Å². The molecule has 1 aromatic carbocycles. The van der Waals surface area contributed by atoms with Crippen molar-refractivity contribution in [3.63, 3.8) is 0 Å². The summed E-state index contributed by atoms with van der Waals surface area (Å²) in [7, 11) is 1.67. The van der Waals surface area contributed by atoms with E-state index >= 15 is 0 Å². The number of rotatable bonds is 2. The van der Waals surface area contributed by atoms with Crippen LogP contribution in [-0.4, -0.2) is 13.7 Å². The zero-order chi connectivity index (χ0) is 9.10. The van der Waals surface area contributed by atoms with Crippen molar-refractivity contribution in [2.75, 3.05) is 13.7 Å². The minimum Gasteiger partial charge on any atom is -0.497 e. The van der Waals surface area contributed by atoms with Gasteiger partial charge in [0.25, 0.3) is 0 Å². The second-order valence-corrected chi connectivity index (χ2v) is 3.06. The van der Waals surface area contributed by atoms with Gasteiger partial charge in [0.1, 0.15) is 5.75 Å². The third-order valence-electron chi connectivity index (χ3n) is 2.22. The lowest BCUT2D eigenvalue weighted by molar-refractivity contribution is 0.414. The average Bonchev–Trinajstić information content (AvgIpc) is 2.71. The quantitative estimate of drug-likeness (QED) is 0.681. The van der Waals surface area contributed by atoms with Crippen LogP contribution in [-0.2, 0) is 0 Å². The summed E-state index contributed by atoms with van der Waals surface area (Å²) >= 11 is 0. The Bertz CT molecular complexity index is 305. The van der Waals surface area contributed by atoms with Crippen molar-refractivity contribution >= 4 is 0 Å². The van der Waals surface area contributed by atoms with Gasteiger partial charge in [0.15, 0.2) is 0 Å². The summed E-state index contributed by atoms with van der Waals surface area (Å²) in [6.45, 7) is 0.858. The van der Waals surface area contributed by atoms with Crippen molar-refractivity contribution in [1.82, 2.24) is 0 Å². The molecule has 68 valence electrons. The Labute approximate surface area is 77.4 Å². The summed E-state index contributed by atoms with van der Waals surface area (Å²) in [5.74, 6) is 0.888. The number of hydrogen-bond acceptors (Lipinski definition) is 3. The molecule has 3 heteroatoms. The van der Waals surface area contributed by atoms with Gasteiger partial charge in [-0.25, -0.2) is 0 Å². The smallest absolute Gasteiger partial charge is 0.118 e. The minimum atomic E-state index is 0.269. The van der Waals surface area contributed by atoms with Crippen LogP contribution >= 0.6 is 0 Å². The van der Waals surface area contributed by atoms with Gasteiger partial charge in [0.05, 0.1) is 19.7 Å². The van der Waals surface area contributed by atoms with Gasteiger partial charge in [0, 0.05) is 0 Å². The van der Waals surface area contributed by atoms with Crippen molar-refractivity contribution in [2.45, 2.75) is 12.5 Å². The van der Waals surface area contributed by atoms with E-state index < -0.39 is 0 Å². The fourth-order valence-corrected chi connectivity index (χ4v) is 1.45. The first-order valence-corrected chi connectivity index (χ1v) is 4.41. The van der Waals surface area contributed by atoms with E-state index in [1.54, 1.807) is 7.11 Å². The Balaban J connectivity index is 2.17. The summed E-state index contributed by atoms with van der Waals surface area (Å²) in [4.78, 5) is 0. The summed E-state index contributed by atoms with van der Waals surface area (Å²) < 4.78 is 5.08. The highest BCUT2D eigenvalue weighted by atomic mass is 16.5. The fourth-order valence-electron chi connectivity index (χ4n) is 1.45. The number of nitrogens with zero attached hydrogens (tertiary/aromatic N) is 2. The molecule has 1 aliphatic heterocycles. The summed E-state index contributed by atoms with van der Waals surface area (Å²) in [6.07, 6.45) is 1.03. The number of hydrogen-bond donors (Lipinski definition) is 0. The topological polar surface area (TPSA) is 34.0 Å². The normalized spacial score (nSPS) is 20.5. The summed E-state index contributed by atoms with van der Waals surface area (Å²) in [6, 6.07) is 8.29. The molecule has 2 rings (SSSR count). The SMILES string of the molecule is COc1ccc(C2CCN=N2)cc1. The van der Waals surface area contributed by atoms with Crippen LogP contribution in [0.25, 0.3) is 0 Å². The van der Waals surface area contributed by atoms with Gasteiger partial charge in [-0.05, 0) is 24.1 Å². The number of azo groups is 1. The molecule has 1 unspecified atom stereocenters. The fraction of sp³-hybridized carbons (Fsp3) is 0.400. The van der Waals surface area contributed by atoms with Crippen LogP contribution in [0.5, 0.6) is 5.75 Å². The van der Waals surface area contributed by atoms with E-state index in [2.05, 4.69) is 10.2 Å². The van der Waals surface area contributed by atoms with Gasteiger partial charge < -0.3 is 4.74 Å². The monoisotopic (exact) mass is 176 g/mol. The highest BCUT2D eigenvalue weighted by Crippen LogP contribution is 2.27. The predicted molar refractivity (Wildman–Crippen MR) is 50.1 cm³/mol. The van der Waals surface area contributed by atoms with Gasteiger partial charge >= 0.3 is 0 Å². The molecule has 0 aromatic heterocycles. The predicted octanol–water partition coefficient (Wildman–Crippen LogP) is 2.59. The molecule has 0 aliphatic carbocycles. The lowest BCUT2D eigenvalue weighted by Crippen LogP contribution is -1.91. The zero-order valence-electron chi connectivity index (χ0n) is 7.60. The van der Waals surface area contributed by atoms with E-state index in [1.807, 2.05) is 24.3 Å². The second-order valence-electron chi connectivity index (χ2n) is 3.06. The van der Waals surface area contributed by atoms with E-state index in [1.165, 1.54) is 5.56 Å². The average molecular weight is 176 g/mol. The summed E-state index contributed by atoms with van der Waals surface area (Å²) in [5.41, 5.74) is 1.22. The van der Waals surface area contributed by atoms with E-state index in [0.29, 0.717) is 0 Å². The maximum absolute atomic E-state index is 5.08. The molecule has 1 aromatic rings. The Kier molecular flexibility index (Phi) is 2.25. The minimum absolute atomic E-state index is 0.269. The van der Waals surface area contributed by atoms with Gasteiger partial charge in [-0.1, -0.05) is 12.1 Å². The van der Waals surface area contributed by atoms with Crippen LogP contribution in [0.1, 0.15) is 18.0 Å². The Hall–Kier alpha value is -1.38. The van der Waals surface area contributed by atoms with Crippen LogP contribution < -0.4 is 4.74 Å². The van der Waals surface area contributed by atoms with Gasteiger partial charge in [-0.15, -0.1) is 0 Å². The standard InChI is InChI=1S/C10H12N2O/c1-13-9-4-2-8(3-5-9)10-6-7-11-12-10/h2-5,10H,6-7H2,1H3. The maximum Gasteiger partial charge on any atom is 0.118 e. The second kappa shape index (κ2) is 3.56. The molecule has 1 heterocycles. The number of ether oxygens (including phenoxy) is 1. The molecule has 13 heavy (non-hydrogen) atoms. The molecule has 0 radical (unpaired) electrons. The van der Waals surface area contributed by atoms with E-state index in [4.69, 9.17) is 4.74 Å². The lowest BCUT2D eigenvalue weighted by Gasteiger charge is -2.05. The molecule has 0 fully saturated rings. The number of methoxy groups -OCH3 is 1. The van der Waals surface area contributed by atoms with E-state index in [0.717, 1.165) is 18.7 Å². The Morgan fingerprint density at radius 1 is 1.31 bits per heavy atom. The molecular formula is C10H12N2O. The molecule has 0 spiro atoms. The third-order valence-corrected chi connectivity index (χ3v) is 2.22. The van der Waals surface area contributed by atoms with Crippen LogP contribution in [0, 0.1) is 0 Å². The highest BCUT2D eigenvalue weighted by Gasteiger charge is 2.13. The first-order valence-electron chi connectivity index (χ1n) is 4.41. The number of benzene rings is 1. The highest BCUT2D eigenvalue weighted by molar-refractivity contribution is 5.29. The third kappa shape index (κ3) is 1.69. The molecule has 0 saturated carbocycles. The largest absolute Gasteiger partial charge is 0.497 e. The Morgan fingerprint density at radius 2 is 2.08 bits per heavy atom. The van der Waals surface area contributed by atoms with E-state index in [-0.39, 0.29) is 6.04 Å². The molecule has 3 nitrogen and oxygen atoms in total. The zero-order valence-corrected chi connectivity index (χ0v) is 7.60.